The second-order valence-electron chi connectivity index (χ2n) is 9.54. The van der Waals surface area contributed by atoms with Crippen LogP contribution in [0, 0.1) is 12.8 Å². The number of fused-ring (bicyclic) bond motifs is 2. The van der Waals surface area contributed by atoms with Crippen molar-refractivity contribution in [1.29, 1.82) is 0 Å². The van der Waals surface area contributed by atoms with Gasteiger partial charge in [-0.25, -0.2) is 9.50 Å². The molecule has 0 aliphatic carbocycles. The van der Waals surface area contributed by atoms with E-state index in [-0.39, 0.29) is 18.1 Å². The van der Waals surface area contributed by atoms with Crippen molar-refractivity contribution in [2.45, 2.75) is 45.6 Å². The van der Waals surface area contributed by atoms with E-state index in [9.17, 15) is 9.90 Å². The summed E-state index contributed by atoms with van der Waals surface area (Å²) >= 11 is 0. The van der Waals surface area contributed by atoms with Gasteiger partial charge in [-0.15, -0.1) is 0 Å². The Bertz CT molecular complexity index is 1180. The van der Waals surface area contributed by atoms with Gasteiger partial charge in [-0.2, -0.15) is 5.10 Å². The molecule has 5 rings (SSSR count). The van der Waals surface area contributed by atoms with Crippen LogP contribution < -0.4 is 15.0 Å². The van der Waals surface area contributed by atoms with E-state index in [1.165, 1.54) is 0 Å². The maximum Gasteiger partial charge on any atom is 0.261 e. The van der Waals surface area contributed by atoms with Gasteiger partial charge < -0.3 is 20.1 Å². The van der Waals surface area contributed by atoms with Gasteiger partial charge in [0.15, 0.2) is 5.65 Å². The summed E-state index contributed by atoms with van der Waals surface area (Å²) in [5.41, 5.74) is 4.48. The molecule has 0 saturated carbocycles. The van der Waals surface area contributed by atoms with Crippen molar-refractivity contribution >= 4 is 22.9 Å². The van der Waals surface area contributed by atoms with Gasteiger partial charge >= 0.3 is 0 Å². The van der Waals surface area contributed by atoms with Gasteiger partial charge in [0.2, 0.25) is 0 Å². The van der Waals surface area contributed by atoms with Crippen LogP contribution in [0.4, 0.5) is 11.4 Å². The molecule has 32 heavy (non-hydrogen) atoms. The van der Waals surface area contributed by atoms with Crippen molar-refractivity contribution in [3.05, 3.63) is 47.4 Å². The fourth-order valence-corrected chi connectivity index (χ4v) is 4.68. The summed E-state index contributed by atoms with van der Waals surface area (Å²) in [5.74, 6) is 0.976. The Hall–Kier alpha value is -3.13. The third kappa shape index (κ3) is 3.79. The first-order valence-electron chi connectivity index (χ1n) is 11.2. The van der Waals surface area contributed by atoms with E-state index in [0.717, 1.165) is 60.6 Å². The second-order valence-corrected chi connectivity index (χ2v) is 9.54. The SMILES string of the molecule is Cc1cnc2c(C(=O)Nc3cc4c(cc3N3CCC(CO)CC3)OC(C)(C)C4)cnn2c1. The maximum absolute atomic E-state index is 13.2. The molecule has 1 amide bonds. The van der Waals surface area contributed by atoms with Crippen LogP contribution in [0.5, 0.6) is 5.75 Å². The lowest BCUT2D eigenvalue weighted by atomic mass is 9.96. The first-order valence-corrected chi connectivity index (χ1v) is 11.2. The van der Waals surface area contributed by atoms with E-state index < -0.39 is 0 Å². The summed E-state index contributed by atoms with van der Waals surface area (Å²) in [4.78, 5) is 19.9. The number of aryl methyl sites for hydroxylation is 1. The smallest absolute Gasteiger partial charge is 0.261 e. The summed E-state index contributed by atoms with van der Waals surface area (Å²) in [7, 11) is 0. The Morgan fingerprint density at radius 2 is 2.06 bits per heavy atom. The zero-order chi connectivity index (χ0) is 22.5. The number of aliphatic hydroxyl groups excluding tert-OH is 1. The summed E-state index contributed by atoms with van der Waals surface area (Å²) in [6.07, 6.45) is 7.78. The lowest BCUT2D eigenvalue weighted by Crippen LogP contribution is -2.35. The van der Waals surface area contributed by atoms with Crippen molar-refractivity contribution in [3.63, 3.8) is 0 Å². The molecule has 3 aromatic rings. The number of anilines is 2. The highest BCUT2D eigenvalue weighted by Gasteiger charge is 2.32. The Morgan fingerprint density at radius 3 is 2.81 bits per heavy atom. The summed E-state index contributed by atoms with van der Waals surface area (Å²) in [5, 5.41) is 16.9. The first-order chi connectivity index (χ1) is 15.3. The minimum absolute atomic E-state index is 0.222. The van der Waals surface area contributed by atoms with Crippen molar-refractivity contribution in [1.82, 2.24) is 14.6 Å². The molecule has 8 nitrogen and oxygen atoms in total. The van der Waals surface area contributed by atoms with E-state index >= 15 is 0 Å². The lowest BCUT2D eigenvalue weighted by molar-refractivity contribution is 0.102. The van der Waals surface area contributed by atoms with Gasteiger partial charge in [-0.3, -0.25) is 4.79 Å². The largest absolute Gasteiger partial charge is 0.487 e. The van der Waals surface area contributed by atoms with Crippen molar-refractivity contribution in [3.8, 4) is 5.75 Å². The average molecular weight is 436 g/mol. The molecule has 1 aromatic carbocycles. The fraction of sp³-hybridized carbons (Fsp3) is 0.458. The monoisotopic (exact) mass is 435 g/mol. The molecule has 0 bridgehead atoms. The number of piperidine rings is 1. The van der Waals surface area contributed by atoms with Crippen LogP contribution in [0.25, 0.3) is 5.65 Å². The third-order valence-corrected chi connectivity index (χ3v) is 6.37. The highest BCUT2D eigenvalue weighted by Crippen LogP contribution is 2.42. The minimum atomic E-state index is -0.268. The topological polar surface area (TPSA) is 92.0 Å². The zero-order valence-electron chi connectivity index (χ0n) is 18.8. The molecule has 168 valence electrons. The minimum Gasteiger partial charge on any atom is -0.487 e. The van der Waals surface area contributed by atoms with Crippen molar-refractivity contribution < 1.29 is 14.6 Å². The number of amides is 1. The van der Waals surface area contributed by atoms with E-state index in [4.69, 9.17) is 4.74 Å². The number of ether oxygens (including phenoxy) is 1. The average Bonchev–Trinajstić information content (AvgIpc) is 3.31. The molecule has 0 unspecified atom stereocenters. The van der Waals surface area contributed by atoms with Crippen LogP contribution in [0.3, 0.4) is 0 Å². The van der Waals surface area contributed by atoms with E-state index in [2.05, 4.69) is 40.2 Å². The van der Waals surface area contributed by atoms with Crippen LogP contribution in [0.1, 0.15) is 48.2 Å². The van der Waals surface area contributed by atoms with Gasteiger partial charge in [0, 0.05) is 50.1 Å². The standard InChI is InChI=1S/C24H29N5O3/c1-15-11-25-22-18(12-26-29(22)13-15)23(31)27-19-8-17-10-24(2,3)32-21(17)9-20(19)28-6-4-16(14-30)5-7-28/h8-9,11-13,16,30H,4-7,10,14H2,1-3H3,(H,27,31). The van der Waals surface area contributed by atoms with E-state index in [1.807, 2.05) is 19.2 Å². The van der Waals surface area contributed by atoms with Gasteiger partial charge in [0.25, 0.3) is 5.91 Å². The van der Waals surface area contributed by atoms with Crippen LogP contribution >= 0.6 is 0 Å². The molecule has 1 saturated heterocycles. The fourth-order valence-electron chi connectivity index (χ4n) is 4.68. The number of aliphatic hydroxyl groups is 1. The Labute approximate surface area is 187 Å². The molecule has 2 aromatic heterocycles. The van der Waals surface area contributed by atoms with Crippen LogP contribution in [-0.2, 0) is 6.42 Å². The normalized spacial score (nSPS) is 17.9. The molecule has 8 heteroatoms. The molecule has 2 aliphatic heterocycles. The molecular formula is C24H29N5O3. The predicted molar refractivity (Wildman–Crippen MR) is 123 cm³/mol. The predicted octanol–water partition coefficient (Wildman–Crippen LogP) is 3.21. The zero-order valence-corrected chi connectivity index (χ0v) is 18.8. The summed E-state index contributed by atoms with van der Waals surface area (Å²) in [6.45, 7) is 7.96. The number of nitrogens with zero attached hydrogens (tertiary/aromatic N) is 4. The summed E-state index contributed by atoms with van der Waals surface area (Å²) in [6, 6.07) is 4.09. The molecule has 4 heterocycles. The molecular weight excluding hydrogens is 406 g/mol. The Kier molecular flexibility index (Phi) is 5.04. The van der Waals surface area contributed by atoms with Gasteiger partial charge in [0.05, 0.1) is 17.6 Å². The van der Waals surface area contributed by atoms with Gasteiger partial charge in [0.1, 0.15) is 16.9 Å². The van der Waals surface area contributed by atoms with Crippen molar-refractivity contribution in [2.24, 2.45) is 5.92 Å². The summed E-state index contributed by atoms with van der Waals surface area (Å²) < 4.78 is 7.80. The number of benzene rings is 1. The number of carbonyl (C=O) groups is 1. The van der Waals surface area contributed by atoms with Crippen molar-refractivity contribution in [2.75, 3.05) is 29.9 Å². The van der Waals surface area contributed by atoms with E-state index in [0.29, 0.717) is 17.1 Å². The number of hydrogen-bond acceptors (Lipinski definition) is 6. The van der Waals surface area contributed by atoms with Crippen LogP contribution in [0.2, 0.25) is 0 Å². The highest BCUT2D eigenvalue weighted by molar-refractivity contribution is 6.09. The number of nitrogens with one attached hydrogen (secondary N) is 1. The van der Waals surface area contributed by atoms with Crippen LogP contribution in [-0.4, -0.2) is 50.9 Å². The number of carbonyl (C=O) groups excluding carboxylic acids is 1. The second kappa shape index (κ2) is 7.78. The van der Waals surface area contributed by atoms with E-state index in [1.54, 1.807) is 16.9 Å². The molecule has 1 fully saturated rings. The maximum atomic E-state index is 13.2. The van der Waals surface area contributed by atoms with Gasteiger partial charge in [-0.05, 0) is 51.2 Å². The highest BCUT2D eigenvalue weighted by atomic mass is 16.5. The Morgan fingerprint density at radius 1 is 1.28 bits per heavy atom. The first kappa shape index (κ1) is 20.8. The number of aromatic nitrogens is 3. The number of hydrogen-bond donors (Lipinski definition) is 2. The Balaban J connectivity index is 1.48. The lowest BCUT2D eigenvalue weighted by Gasteiger charge is -2.34. The molecule has 2 aliphatic rings. The number of rotatable bonds is 4. The quantitative estimate of drug-likeness (QED) is 0.654. The third-order valence-electron chi connectivity index (χ3n) is 6.37. The van der Waals surface area contributed by atoms with Crippen LogP contribution in [0.15, 0.2) is 30.7 Å². The van der Waals surface area contributed by atoms with Gasteiger partial charge in [-0.1, -0.05) is 0 Å². The molecule has 0 atom stereocenters. The molecule has 0 radical (unpaired) electrons. The molecule has 0 spiro atoms. The molecule has 2 N–H and O–H groups in total.